The zero-order valence-corrected chi connectivity index (χ0v) is 6.76. The highest BCUT2D eigenvalue weighted by molar-refractivity contribution is 7.80. The molecular formula is C3H8N3O2S2-. The highest BCUT2D eigenvalue weighted by Gasteiger charge is 1.88. The van der Waals surface area contributed by atoms with Crippen LogP contribution in [0.1, 0.15) is 0 Å². The first-order valence-electron chi connectivity index (χ1n) is 2.47. The van der Waals surface area contributed by atoms with Crippen molar-refractivity contribution in [2.45, 2.75) is 0 Å². The Hall–Kier alpha value is -0.240. The van der Waals surface area contributed by atoms with Gasteiger partial charge in [0.05, 0.1) is 0 Å². The van der Waals surface area contributed by atoms with Gasteiger partial charge < -0.3 is 15.3 Å². The van der Waals surface area contributed by atoms with E-state index < -0.39 is 11.1 Å². The molecule has 0 bridgehead atoms. The summed E-state index contributed by atoms with van der Waals surface area (Å²) in [7, 11) is 0. The molecule has 0 radical (unpaired) electrons. The summed E-state index contributed by atoms with van der Waals surface area (Å²) in [5.41, 5.74) is 2.16. The average molecular weight is 182 g/mol. The second kappa shape index (κ2) is 5.54. The molecule has 1 unspecified atom stereocenters. The lowest BCUT2D eigenvalue weighted by molar-refractivity contribution is 0.536. The van der Waals surface area contributed by atoms with Crippen molar-refractivity contribution in [3.63, 3.8) is 0 Å². The van der Waals surface area contributed by atoms with Gasteiger partial charge in [-0.05, 0) is 12.2 Å². The van der Waals surface area contributed by atoms with E-state index >= 15 is 0 Å². The van der Waals surface area contributed by atoms with Gasteiger partial charge in [-0.1, -0.05) is 11.1 Å². The van der Waals surface area contributed by atoms with Gasteiger partial charge in [0.15, 0.2) is 5.11 Å². The van der Waals surface area contributed by atoms with Crippen molar-refractivity contribution in [2.75, 3.05) is 12.3 Å². The number of rotatable bonds is 3. The summed E-state index contributed by atoms with van der Waals surface area (Å²) >= 11 is 2.53. The molecule has 1 atom stereocenters. The highest BCUT2D eigenvalue weighted by Crippen LogP contribution is 1.70. The largest absolute Gasteiger partial charge is 0.772 e. The lowest BCUT2D eigenvalue weighted by Crippen LogP contribution is -2.41. The van der Waals surface area contributed by atoms with Crippen LogP contribution in [0.4, 0.5) is 0 Å². The van der Waals surface area contributed by atoms with Gasteiger partial charge in [-0.3, -0.25) is 4.21 Å². The summed E-state index contributed by atoms with van der Waals surface area (Å²) < 4.78 is 19.9. The van der Waals surface area contributed by atoms with Gasteiger partial charge in [0.25, 0.3) is 0 Å². The summed E-state index contributed by atoms with van der Waals surface area (Å²) in [6.45, 7) is 0.277. The molecule has 0 aliphatic rings. The second-order valence-electron chi connectivity index (χ2n) is 1.41. The average Bonchev–Trinajstić information content (AvgIpc) is 1.87. The van der Waals surface area contributed by atoms with Crippen molar-refractivity contribution in [1.82, 2.24) is 10.7 Å². The number of nitrogens with one attached hydrogen (secondary N) is 2. The smallest absolute Gasteiger partial charge is 0.180 e. The van der Waals surface area contributed by atoms with Crippen LogP contribution >= 0.6 is 12.2 Å². The van der Waals surface area contributed by atoms with Crippen LogP contribution in [0.5, 0.6) is 0 Å². The summed E-state index contributed by atoms with van der Waals surface area (Å²) in [4.78, 5) is 0. The normalized spacial score (nSPS) is 12.2. The van der Waals surface area contributed by atoms with Crippen molar-refractivity contribution in [3.05, 3.63) is 0 Å². The topological polar surface area (TPSA) is 90.2 Å². The monoisotopic (exact) mass is 182 g/mol. The molecular weight excluding hydrogens is 174 g/mol. The summed E-state index contributed by atoms with van der Waals surface area (Å²) in [6, 6.07) is 0. The molecule has 5 nitrogen and oxygen atoms in total. The Balaban J connectivity index is 3.20. The van der Waals surface area contributed by atoms with Crippen molar-refractivity contribution < 1.29 is 8.76 Å². The standard InChI is InChI=1S/C3H9N3O2S2/c4-6-3(9)5-1-2-10(7)8/h1-2,4H2,(H,7,8)(H2,5,6,9)/p-1. The van der Waals surface area contributed by atoms with Crippen molar-refractivity contribution in [1.29, 1.82) is 0 Å². The molecule has 0 saturated heterocycles. The van der Waals surface area contributed by atoms with Crippen LogP contribution in [-0.4, -0.2) is 26.2 Å². The van der Waals surface area contributed by atoms with E-state index in [4.69, 9.17) is 5.84 Å². The first kappa shape index (κ1) is 9.76. The van der Waals surface area contributed by atoms with Crippen LogP contribution in [0.25, 0.3) is 0 Å². The highest BCUT2D eigenvalue weighted by atomic mass is 32.2. The SMILES string of the molecule is NNC(=S)NCCS(=O)[O-]. The van der Waals surface area contributed by atoms with Crippen molar-refractivity contribution in [2.24, 2.45) is 5.84 Å². The third-order valence-corrected chi connectivity index (χ3v) is 1.49. The fourth-order valence-corrected chi connectivity index (χ4v) is 0.670. The van der Waals surface area contributed by atoms with Crippen LogP contribution < -0.4 is 16.6 Å². The van der Waals surface area contributed by atoms with Crippen LogP contribution in [0.2, 0.25) is 0 Å². The Bertz CT molecular complexity index is 140. The molecule has 0 rings (SSSR count). The lowest BCUT2D eigenvalue weighted by Gasteiger charge is -2.07. The predicted molar refractivity (Wildman–Crippen MR) is 41.7 cm³/mol. The number of hydrazine groups is 1. The number of thiocarbonyl (C=S) groups is 1. The van der Waals surface area contributed by atoms with Crippen LogP contribution in [-0.2, 0) is 11.1 Å². The van der Waals surface area contributed by atoms with Crippen molar-refractivity contribution in [3.8, 4) is 0 Å². The van der Waals surface area contributed by atoms with Gasteiger partial charge in [0.2, 0.25) is 0 Å². The Morgan fingerprint density at radius 1 is 1.80 bits per heavy atom. The Kier molecular flexibility index (Phi) is 5.40. The van der Waals surface area contributed by atoms with Gasteiger partial charge in [-0.2, -0.15) is 0 Å². The summed E-state index contributed by atoms with van der Waals surface area (Å²) in [6.07, 6.45) is 0. The Morgan fingerprint density at radius 2 is 2.40 bits per heavy atom. The molecule has 0 heterocycles. The van der Waals surface area contributed by atoms with Crippen LogP contribution in [0, 0.1) is 0 Å². The van der Waals surface area contributed by atoms with Crippen molar-refractivity contribution >= 4 is 28.4 Å². The van der Waals surface area contributed by atoms with Gasteiger partial charge in [0, 0.05) is 12.3 Å². The van der Waals surface area contributed by atoms with Gasteiger partial charge in [0.1, 0.15) is 0 Å². The Labute approximate surface area is 66.6 Å². The van der Waals surface area contributed by atoms with Gasteiger partial charge in [-0.15, -0.1) is 0 Å². The number of hydrogen-bond acceptors (Lipinski definition) is 4. The minimum atomic E-state index is -2.02. The molecule has 0 aromatic rings. The maximum Gasteiger partial charge on any atom is 0.180 e. The molecule has 0 spiro atoms. The molecule has 0 aliphatic heterocycles. The van der Waals surface area contributed by atoms with E-state index in [9.17, 15) is 8.76 Å². The molecule has 0 aromatic heterocycles. The summed E-state index contributed by atoms with van der Waals surface area (Å²) in [5.74, 6) is 4.91. The number of hydrogen-bond donors (Lipinski definition) is 3. The van der Waals surface area contributed by atoms with E-state index in [1.807, 2.05) is 0 Å². The predicted octanol–water partition coefficient (Wildman–Crippen LogP) is -1.80. The molecule has 0 aliphatic carbocycles. The number of nitrogens with two attached hydrogens (primary N) is 1. The van der Waals surface area contributed by atoms with E-state index in [1.165, 1.54) is 0 Å². The first-order chi connectivity index (χ1) is 4.66. The quantitative estimate of drug-likeness (QED) is 0.206. The molecule has 0 aromatic carbocycles. The fourth-order valence-electron chi connectivity index (χ4n) is 0.299. The lowest BCUT2D eigenvalue weighted by atomic mass is 10.7. The zero-order valence-electron chi connectivity index (χ0n) is 5.12. The maximum atomic E-state index is 9.93. The van der Waals surface area contributed by atoms with E-state index in [0.29, 0.717) is 0 Å². The zero-order chi connectivity index (χ0) is 7.98. The van der Waals surface area contributed by atoms with E-state index in [0.717, 1.165) is 0 Å². The molecule has 0 fully saturated rings. The summed E-state index contributed by atoms with van der Waals surface area (Å²) in [5, 5.41) is 2.81. The third-order valence-electron chi connectivity index (χ3n) is 0.685. The van der Waals surface area contributed by atoms with Crippen LogP contribution in [0.15, 0.2) is 0 Å². The van der Waals surface area contributed by atoms with E-state index in [2.05, 4.69) is 23.0 Å². The maximum absolute atomic E-state index is 9.93. The first-order valence-corrected chi connectivity index (χ1v) is 4.12. The molecule has 4 N–H and O–H groups in total. The van der Waals surface area contributed by atoms with Crippen LogP contribution in [0.3, 0.4) is 0 Å². The third kappa shape index (κ3) is 5.89. The molecule has 60 valence electrons. The molecule has 7 heteroatoms. The minimum absolute atomic E-state index is 0.0296. The second-order valence-corrected chi connectivity index (χ2v) is 2.83. The minimum Gasteiger partial charge on any atom is -0.772 e. The van der Waals surface area contributed by atoms with E-state index in [1.54, 1.807) is 0 Å². The van der Waals surface area contributed by atoms with Gasteiger partial charge >= 0.3 is 0 Å². The van der Waals surface area contributed by atoms with E-state index in [-0.39, 0.29) is 17.4 Å². The molecule has 10 heavy (non-hydrogen) atoms. The van der Waals surface area contributed by atoms with Gasteiger partial charge in [-0.25, -0.2) is 5.84 Å². The molecule has 0 amide bonds. The fraction of sp³-hybridized carbons (Fsp3) is 0.667. The molecule has 0 saturated carbocycles. The Morgan fingerprint density at radius 3 is 2.80 bits per heavy atom.